The normalized spacial score (nSPS) is 24.2. The molecule has 3 heteroatoms. The van der Waals surface area contributed by atoms with Crippen LogP contribution < -0.4 is 11.1 Å². The van der Waals surface area contributed by atoms with Crippen molar-refractivity contribution in [3.63, 3.8) is 0 Å². The fraction of sp³-hybridized carbons (Fsp3) is 0.538. The number of benzene rings is 1. The molecule has 0 aromatic heterocycles. The van der Waals surface area contributed by atoms with Crippen molar-refractivity contribution >= 4 is 0 Å². The molecule has 88 valence electrons. The zero-order valence-electron chi connectivity index (χ0n) is 9.47. The average molecular weight is 220 g/mol. The van der Waals surface area contributed by atoms with Crippen LogP contribution in [0, 0.1) is 0 Å². The van der Waals surface area contributed by atoms with Gasteiger partial charge in [-0.2, -0.15) is 0 Å². The van der Waals surface area contributed by atoms with Crippen molar-refractivity contribution in [3.05, 3.63) is 35.9 Å². The molecular formula is C13H20N2O. The standard InChI is InChI=1S/C13H20N2O/c14-11(9-10-5-2-1-3-6-10)13(16)12-7-4-8-15-12/h1-3,5-6,11-13,15-16H,4,7-9,14H2. The minimum atomic E-state index is -0.442. The minimum Gasteiger partial charge on any atom is -0.390 e. The Morgan fingerprint density at radius 2 is 2.12 bits per heavy atom. The second-order valence-electron chi connectivity index (χ2n) is 4.55. The van der Waals surface area contributed by atoms with Crippen molar-refractivity contribution in [2.45, 2.75) is 37.5 Å². The third-order valence-electron chi connectivity index (χ3n) is 3.26. The van der Waals surface area contributed by atoms with Crippen LogP contribution in [0.1, 0.15) is 18.4 Å². The Morgan fingerprint density at radius 1 is 1.38 bits per heavy atom. The Hall–Kier alpha value is -0.900. The third kappa shape index (κ3) is 2.82. The van der Waals surface area contributed by atoms with Crippen LogP contribution in [0.4, 0.5) is 0 Å². The maximum absolute atomic E-state index is 10.1. The van der Waals surface area contributed by atoms with Gasteiger partial charge in [-0.25, -0.2) is 0 Å². The van der Waals surface area contributed by atoms with E-state index in [1.807, 2.05) is 18.2 Å². The number of hydrogen-bond acceptors (Lipinski definition) is 3. The fourth-order valence-electron chi connectivity index (χ4n) is 2.31. The molecule has 0 aliphatic carbocycles. The number of rotatable bonds is 4. The summed E-state index contributed by atoms with van der Waals surface area (Å²) >= 11 is 0. The van der Waals surface area contributed by atoms with Gasteiger partial charge in [-0.15, -0.1) is 0 Å². The smallest absolute Gasteiger partial charge is 0.0846 e. The molecule has 0 bridgehead atoms. The SMILES string of the molecule is NC(Cc1ccccc1)C(O)C1CCCN1. The number of aliphatic hydroxyl groups excluding tert-OH is 1. The van der Waals surface area contributed by atoms with Crippen LogP contribution in [0.5, 0.6) is 0 Å². The van der Waals surface area contributed by atoms with Crippen LogP contribution >= 0.6 is 0 Å². The first kappa shape index (κ1) is 11.6. The molecule has 0 saturated carbocycles. The van der Waals surface area contributed by atoms with Gasteiger partial charge in [0.05, 0.1) is 6.10 Å². The van der Waals surface area contributed by atoms with Gasteiger partial charge < -0.3 is 16.2 Å². The Morgan fingerprint density at radius 3 is 2.75 bits per heavy atom. The molecule has 3 nitrogen and oxygen atoms in total. The van der Waals surface area contributed by atoms with E-state index in [9.17, 15) is 5.11 Å². The first-order chi connectivity index (χ1) is 7.77. The maximum atomic E-state index is 10.1. The molecule has 1 heterocycles. The highest BCUT2D eigenvalue weighted by atomic mass is 16.3. The maximum Gasteiger partial charge on any atom is 0.0846 e. The molecule has 0 spiro atoms. The van der Waals surface area contributed by atoms with E-state index >= 15 is 0 Å². The predicted molar refractivity (Wildman–Crippen MR) is 65.2 cm³/mol. The lowest BCUT2D eigenvalue weighted by atomic mass is 9.96. The van der Waals surface area contributed by atoms with E-state index < -0.39 is 6.10 Å². The van der Waals surface area contributed by atoms with Gasteiger partial charge in [-0.3, -0.25) is 0 Å². The van der Waals surface area contributed by atoms with E-state index in [4.69, 9.17) is 5.73 Å². The molecule has 1 aliphatic heterocycles. The van der Waals surface area contributed by atoms with Gasteiger partial charge >= 0.3 is 0 Å². The van der Waals surface area contributed by atoms with E-state index in [1.54, 1.807) is 0 Å². The van der Waals surface area contributed by atoms with Crippen LogP contribution in [0.3, 0.4) is 0 Å². The quantitative estimate of drug-likeness (QED) is 0.699. The fourth-order valence-corrected chi connectivity index (χ4v) is 2.31. The van der Waals surface area contributed by atoms with Crippen LogP contribution in [-0.2, 0) is 6.42 Å². The summed E-state index contributed by atoms with van der Waals surface area (Å²) in [4.78, 5) is 0. The first-order valence-electron chi connectivity index (χ1n) is 5.98. The van der Waals surface area contributed by atoms with Crippen LogP contribution in [-0.4, -0.2) is 29.8 Å². The highest BCUT2D eigenvalue weighted by Gasteiger charge is 2.27. The third-order valence-corrected chi connectivity index (χ3v) is 3.26. The zero-order chi connectivity index (χ0) is 11.4. The Labute approximate surface area is 96.7 Å². The molecule has 1 aromatic carbocycles. The van der Waals surface area contributed by atoms with Crippen molar-refractivity contribution < 1.29 is 5.11 Å². The summed E-state index contributed by atoms with van der Waals surface area (Å²) in [6.45, 7) is 1.000. The second-order valence-corrected chi connectivity index (χ2v) is 4.55. The predicted octanol–water partition coefficient (Wildman–Crippen LogP) is 0.669. The van der Waals surface area contributed by atoms with Gasteiger partial charge in [0.1, 0.15) is 0 Å². The largest absolute Gasteiger partial charge is 0.390 e. The molecule has 2 rings (SSSR count). The number of nitrogens with two attached hydrogens (primary N) is 1. The molecule has 0 amide bonds. The lowest BCUT2D eigenvalue weighted by molar-refractivity contribution is 0.108. The van der Waals surface area contributed by atoms with Crippen molar-refractivity contribution in [1.82, 2.24) is 5.32 Å². The van der Waals surface area contributed by atoms with Gasteiger partial charge in [0.2, 0.25) is 0 Å². The summed E-state index contributed by atoms with van der Waals surface area (Å²) in [5, 5.41) is 13.4. The minimum absolute atomic E-state index is 0.179. The highest BCUT2D eigenvalue weighted by Crippen LogP contribution is 2.13. The second kappa shape index (κ2) is 5.43. The number of hydrogen-bond donors (Lipinski definition) is 3. The van der Waals surface area contributed by atoms with E-state index in [0.717, 1.165) is 25.8 Å². The van der Waals surface area contributed by atoms with Crippen molar-refractivity contribution in [3.8, 4) is 0 Å². The highest BCUT2D eigenvalue weighted by molar-refractivity contribution is 5.16. The van der Waals surface area contributed by atoms with Crippen LogP contribution in [0.25, 0.3) is 0 Å². The molecule has 1 aliphatic rings. The molecule has 3 atom stereocenters. The average Bonchev–Trinajstić information content (AvgIpc) is 2.83. The van der Waals surface area contributed by atoms with E-state index in [2.05, 4.69) is 17.4 Å². The molecule has 1 saturated heterocycles. The molecule has 1 aromatic rings. The lowest BCUT2D eigenvalue weighted by Gasteiger charge is -2.24. The Kier molecular flexibility index (Phi) is 3.93. The molecule has 0 radical (unpaired) electrons. The van der Waals surface area contributed by atoms with Gasteiger partial charge in [0.15, 0.2) is 0 Å². The van der Waals surface area contributed by atoms with Crippen molar-refractivity contribution in [2.75, 3.05) is 6.54 Å². The number of nitrogens with one attached hydrogen (secondary N) is 1. The molecule has 3 unspecified atom stereocenters. The van der Waals surface area contributed by atoms with E-state index in [1.165, 1.54) is 5.56 Å². The van der Waals surface area contributed by atoms with Crippen molar-refractivity contribution in [2.24, 2.45) is 5.73 Å². The molecule has 16 heavy (non-hydrogen) atoms. The molecular weight excluding hydrogens is 200 g/mol. The summed E-state index contributed by atoms with van der Waals surface area (Å²) < 4.78 is 0. The Balaban J connectivity index is 1.89. The van der Waals surface area contributed by atoms with Gasteiger partial charge in [-0.05, 0) is 31.4 Å². The van der Waals surface area contributed by atoms with Gasteiger partial charge in [0, 0.05) is 12.1 Å². The summed E-state index contributed by atoms with van der Waals surface area (Å²) in [7, 11) is 0. The first-order valence-corrected chi connectivity index (χ1v) is 5.98. The van der Waals surface area contributed by atoms with Gasteiger partial charge in [-0.1, -0.05) is 30.3 Å². The summed E-state index contributed by atoms with van der Waals surface area (Å²) in [5.41, 5.74) is 7.23. The monoisotopic (exact) mass is 220 g/mol. The van der Waals surface area contributed by atoms with Crippen LogP contribution in [0.2, 0.25) is 0 Å². The summed E-state index contributed by atoms with van der Waals surface area (Å²) in [6, 6.07) is 10.1. The van der Waals surface area contributed by atoms with E-state index in [0.29, 0.717) is 0 Å². The van der Waals surface area contributed by atoms with Crippen LogP contribution in [0.15, 0.2) is 30.3 Å². The van der Waals surface area contributed by atoms with E-state index in [-0.39, 0.29) is 12.1 Å². The topological polar surface area (TPSA) is 58.3 Å². The summed E-state index contributed by atoms with van der Waals surface area (Å²) in [6.07, 6.45) is 2.46. The number of aliphatic hydroxyl groups is 1. The lowest BCUT2D eigenvalue weighted by Crippen LogP contribution is -2.48. The molecule has 4 N–H and O–H groups in total. The molecule has 1 fully saturated rings. The Bertz CT molecular complexity index is 309. The zero-order valence-corrected chi connectivity index (χ0v) is 9.47. The van der Waals surface area contributed by atoms with Gasteiger partial charge in [0.25, 0.3) is 0 Å². The van der Waals surface area contributed by atoms with Crippen molar-refractivity contribution in [1.29, 1.82) is 0 Å². The summed E-state index contributed by atoms with van der Waals surface area (Å²) in [5.74, 6) is 0.